The van der Waals surface area contributed by atoms with E-state index in [-0.39, 0.29) is 5.97 Å². The Bertz CT molecular complexity index is 596. The van der Waals surface area contributed by atoms with E-state index in [2.05, 4.69) is 0 Å². The zero-order chi connectivity index (χ0) is 18.2. The Morgan fingerprint density at radius 2 is 1.88 bits per heavy atom. The van der Waals surface area contributed by atoms with Crippen molar-refractivity contribution in [3.63, 3.8) is 0 Å². The molecular formula is C19H26O6. The van der Waals surface area contributed by atoms with Crippen LogP contribution in [0.15, 0.2) is 30.3 Å². The molecule has 0 spiro atoms. The van der Waals surface area contributed by atoms with Gasteiger partial charge in [0.2, 0.25) is 0 Å². The summed E-state index contributed by atoms with van der Waals surface area (Å²) in [7, 11) is 0. The largest absolute Gasteiger partial charge is 0.456 e. The van der Waals surface area contributed by atoms with Crippen LogP contribution in [0.2, 0.25) is 0 Å². The van der Waals surface area contributed by atoms with Gasteiger partial charge in [-0.05, 0) is 27.7 Å². The van der Waals surface area contributed by atoms with E-state index in [9.17, 15) is 9.90 Å². The lowest BCUT2D eigenvalue weighted by Crippen LogP contribution is -2.62. The fourth-order valence-electron chi connectivity index (χ4n) is 2.99. The molecular weight excluding hydrogens is 324 g/mol. The first kappa shape index (κ1) is 18.3. The molecule has 6 nitrogen and oxygen atoms in total. The summed E-state index contributed by atoms with van der Waals surface area (Å²) in [5.74, 6) is -0.379. The third-order valence-electron chi connectivity index (χ3n) is 4.52. The maximum atomic E-state index is 12.4. The average Bonchev–Trinajstić information content (AvgIpc) is 2.58. The predicted molar refractivity (Wildman–Crippen MR) is 89.7 cm³/mol. The fraction of sp³-hybridized carbons (Fsp3) is 0.632. The number of aliphatic hydroxyl groups is 1. The Kier molecular flexibility index (Phi) is 5.16. The molecule has 0 radical (unpaired) electrons. The van der Waals surface area contributed by atoms with Crippen LogP contribution in [0.1, 0.15) is 39.5 Å². The van der Waals surface area contributed by atoms with Crippen LogP contribution in [-0.2, 0) is 23.7 Å². The molecule has 1 N–H and O–H groups in total. The number of aliphatic hydroxyl groups excluding tert-OH is 1. The molecule has 0 amide bonds. The van der Waals surface area contributed by atoms with Crippen LogP contribution in [0.3, 0.4) is 0 Å². The van der Waals surface area contributed by atoms with Crippen molar-refractivity contribution in [2.24, 2.45) is 5.41 Å². The quantitative estimate of drug-likeness (QED) is 0.825. The highest BCUT2D eigenvalue weighted by atomic mass is 16.7. The number of hydrogen-bond donors (Lipinski definition) is 1. The van der Waals surface area contributed by atoms with Crippen molar-refractivity contribution >= 4 is 5.97 Å². The average molecular weight is 350 g/mol. The van der Waals surface area contributed by atoms with Crippen molar-refractivity contribution < 1.29 is 28.8 Å². The van der Waals surface area contributed by atoms with Crippen LogP contribution in [-0.4, -0.2) is 48.2 Å². The molecule has 25 heavy (non-hydrogen) atoms. The Hall–Kier alpha value is -1.47. The lowest BCUT2D eigenvalue weighted by molar-refractivity contribution is -0.328. The molecule has 2 saturated heterocycles. The van der Waals surface area contributed by atoms with E-state index < -0.39 is 42.2 Å². The van der Waals surface area contributed by atoms with Gasteiger partial charge in [-0.3, -0.25) is 4.79 Å². The summed E-state index contributed by atoms with van der Waals surface area (Å²) in [5.41, 5.74) is 0.204. The summed E-state index contributed by atoms with van der Waals surface area (Å²) in [6.45, 7) is 7.39. The van der Waals surface area contributed by atoms with Gasteiger partial charge < -0.3 is 24.1 Å². The lowest BCUT2D eigenvalue weighted by Gasteiger charge is -2.47. The van der Waals surface area contributed by atoms with Crippen LogP contribution >= 0.6 is 0 Å². The van der Waals surface area contributed by atoms with Crippen LogP contribution in [0.25, 0.3) is 0 Å². The van der Waals surface area contributed by atoms with Crippen LogP contribution in [0.5, 0.6) is 0 Å². The molecule has 3 unspecified atom stereocenters. The first-order chi connectivity index (χ1) is 11.8. The van der Waals surface area contributed by atoms with E-state index in [1.54, 1.807) is 27.7 Å². The molecule has 0 bridgehead atoms. The van der Waals surface area contributed by atoms with Gasteiger partial charge in [0, 0.05) is 5.56 Å². The summed E-state index contributed by atoms with van der Waals surface area (Å²) >= 11 is 0. The molecule has 6 heteroatoms. The zero-order valence-corrected chi connectivity index (χ0v) is 15.0. The van der Waals surface area contributed by atoms with E-state index in [0.717, 1.165) is 5.56 Å². The van der Waals surface area contributed by atoms with E-state index >= 15 is 0 Å². The minimum Gasteiger partial charge on any atom is -0.456 e. The molecule has 2 aliphatic rings. The van der Waals surface area contributed by atoms with Crippen molar-refractivity contribution in [1.82, 2.24) is 0 Å². The molecule has 6 atom stereocenters. The van der Waals surface area contributed by atoms with Gasteiger partial charge in [0.05, 0.1) is 18.1 Å². The first-order valence-corrected chi connectivity index (χ1v) is 8.64. The monoisotopic (exact) mass is 350 g/mol. The Morgan fingerprint density at radius 3 is 2.52 bits per heavy atom. The number of carbonyl (C=O) groups excluding carboxylic acids is 1. The number of benzene rings is 1. The first-order valence-electron chi connectivity index (χ1n) is 8.64. The molecule has 0 saturated carbocycles. The molecule has 1 aromatic rings. The topological polar surface area (TPSA) is 74.2 Å². The van der Waals surface area contributed by atoms with Gasteiger partial charge in [-0.25, -0.2) is 0 Å². The number of esters is 1. The highest BCUT2D eigenvalue weighted by molar-refractivity contribution is 5.75. The maximum absolute atomic E-state index is 12.4. The molecule has 2 aliphatic heterocycles. The van der Waals surface area contributed by atoms with Gasteiger partial charge >= 0.3 is 5.97 Å². The van der Waals surface area contributed by atoms with Crippen molar-refractivity contribution in [2.75, 3.05) is 6.61 Å². The second-order valence-electron chi connectivity index (χ2n) is 7.67. The second kappa shape index (κ2) is 7.03. The Labute approximate surface area is 148 Å². The minimum absolute atomic E-state index is 0.310. The standard InChI is InChI=1S/C19H26O6/c1-11-14(20)16(25-18(21)19(2,3)4)15-13(23-11)10-22-17(24-15)12-8-6-5-7-9-12/h5-9,11,13-17,20H,10H2,1-4H3/t11-,13?,14?,15+,16+,17?/m0/s1. The molecule has 1 aromatic carbocycles. The van der Waals surface area contributed by atoms with Gasteiger partial charge in [-0.2, -0.15) is 0 Å². The Morgan fingerprint density at radius 1 is 1.20 bits per heavy atom. The summed E-state index contributed by atoms with van der Waals surface area (Å²) in [5, 5.41) is 10.5. The van der Waals surface area contributed by atoms with Crippen LogP contribution in [0, 0.1) is 5.41 Å². The number of ether oxygens (including phenoxy) is 4. The molecule has 2 heterocycles. The predicted octanol–water partition coefficient (Wildman–Crippen LogP) is 2.21. The second-order valence-corrected chi connectivity index (χ2v) is 7.67. The third-order valence-corrected chi connectivity index (χ3v) is 4.52. The fourth-order valence-corrected chi connectivity index (χ4v) is 2.99. The highest BCUT2D eigenvalue weighted by Crippen LogP contribution is 2.36. The van der Waals surface area contributed by atoms with Crippen LogP contribution in [0.4, 0.5) is 0 Å². The molecule has 2 fully saturated rings. The van der Waals surface area contributed by atoms with Crippen LogP contribution < -0.4 is 0 Å². The molecule has 138 valence electrons. The van der Waals surface area contributed by atoms with Gasteiger partial charge in [-0.1, -0.05) is 30.3 Å². The van der Waals surface area contributed by atoms with Gasteiger partial charge in [0.25, 0.3) is 0 Å². The normalized spacial score (nSPS) is 35.7. The number of rotatable bonds is 2. The minimum atomic E-state index is -0.956. The van der Waals surface area contributed by atoms with Crippen molar-refractivity contribution in [3.05, 3.63) is 35.9 Å². The number of hydrogen-bond acceptors (Lipinski definition) is 6. The summed E-state index contributed by atoms with van der Waals surface area (Å²) in [6.07, 6.45) is -3.78. The van der Waals surface area contributed by atoms with E-state index in [4.69, 9.17) is 18.9 Å². The smallest absolute Gasteiger partial charge is 0.311 e. The summed E-state index contributed by atoms with van der Waals surface area (Å²) in [6, 6.07) is 9.53. The van der Waals surface area contributed by atoms with Crippen molar-refractivity contribution in [1.29, 1.82) is 0 Å². The Balaban J connectivity index is 1.80. The SMILES string of the molecule is C[C@@H]1OC2COC(c3ccccc3)O[C@H]2[C@H](OC(=O)C(C)(C)C)C1O. The highest BCUT2D eigenvalue weighted by Gasteiger charge is 2.50. The zero-order valence-electron chi connectivity index (χ0n) is 15.0. The molecule has 0 aromatic heterocycles. The molecule has 3 rings (SSSR count). The number of fused-ring (bicyclic) bond motifs is 1. The lowest BCUT2D eigenvalue weighted by atomic mass is 9.93. The van der Waals surface area contributed by atoms with E-state index in [1.807, 2.05) is 30.3 Å². The van der Waals surface area contributed by atoms with Crippen molar-refractivity contribution in [2.45, 2.75) is 64.5 Å². The molecule has 0 aliphatic carbocycles. The van der Waals surface area contributed by atoms with E-state index in [1.165, 1.54) is 0 Å². The van der Waals surface area contributed by atoms with Gasteiger partial charge in [0.1, 0.15) is 18.3 Å². The summed E-state index contributed by atoms with van der Waals surface area (Å²) in [4.78, 5) is 12.4. The van der Waals surface area contributed by atoms with Gasteiger partial charge in [0.15, 0.2) is 12.4 Å². The number of carbonyl (C=O) groups is 1. The van der Waals surface area contributed by atoms with Crippen molar-refractivity contribution in [3.8, 4) is 0 Å². The van der Waals surface area contributed by atoms with E-state index in [0.29, 0.717) is 6.61 Å². The maximum Gasteiger partial charge on any atom is 0.311 e. The third kappa shape index (κ3) is 3.87. The summed E-state index contributed by atoms with van der Waals surface area (Å²) < 4.78 is 23.2. The van der Waals surface area contributed by atoms with Gasteiger partial charge in [-0.15, -0.1) is 0 Å².